The van der Waals surface area contributed by atoms with Gasteiger partial charge in [0.25, 0.3) is 5.91 Å². The molecule has 0 atom stereocenters. The van der Waals surface area contributed by atoms with Crippen molar-refractivity contribution in [3.8, 4) is 0 Å². The highest BCUT2D eigenvalue weighted by Crippen LogP contribution is 2.22. The van der Waals surface area contributed by atoms with Crippen molar-refractivity contribution in [1.82, 2.24) is 4.90 Å². The summed E-state index contributed by atoms with van der Waals surface area (Å²) < 4.78 is 4.82. The highest BCUT2D eigenvalue weighted by Gasteiger charge is 2.20. The van der Waals surface area contributed by atoms with Crippen LogP contribution >= 0.6 is 23.2 Å². The van der Waals surface area contributed by atoms with Gasteiger partial charge in [-0.25, -0.2) is 0 Å². The van der Waals surface area contributed by atoms with E-state index in [9.17, 15) is 9.59 Å². The largest absolute Gasteiger partial charge is 0.465 e. The maximum Gasteiger partial charge on any atom is 0.325 e. The zero-order valence-corrected chi connectivity index (χ0v) is 12.3. The molecule has 6 heteroatoms. The number of hydrogen-bond acceptors (Lipinski definition) is 3. The molecule has 1 amide bonds. The number of hydrogen-bond donors (Lipinski definition) is 0. The Morgan fingerprint density at radius 1 is 1.26 bits per heavy atom. The van der Waals surface area contributed by atoms with Crippen LogP contribution < -0.4 is 0 Å². The molecule has 104 valence electrons. The Kier molecular flexibility index (Phi) is 6.12. The summed E-state index contributed by atoms with van der Waals surface area (Å²) in [6.45, 7) is 4.07. The SMILES string of the molecule is CCOC(=O)CN(CC)C(=O)c1ccc(Cl)cc1Cl. The van der Waals surface area contributed by atoms with Gasteiger partial charge in [-0.05, 0) is 32.0 Å². The van der Waals surface area contributed by atoms with Gasteiger partial charge in [0.1, 0.15) is 6.54 Å². The monoisotopic (exact) mass is 303 g/mol. The van der Waals surface area contributed by atoms with Gasteiger partial charge in [0.2, 0.25) is 0 Å². The molecule has 0 bridgehead atoms. The minimum Gasteiger partial charge on any atom is -0.465 e. The van der Waals surface area contributed by atoms with Gasteiger partial charge < -0.3 is 9.64 Å². The molecule has 1 rings (SSSR count). The van der Waals surface area contributed by atoms with Crippen molar-refractivity contribution in [2.24, 2.45) is 0 Å². The molecule has 4 nitrogen and oxygen atoms in total. The van der Waals surface area contributed by atoms with E-state index in [1.165, 1.54) is 11.0 Å². The number of halogens is 2. The van der Waals surface area contributed by atoms with E-state index >= 15 is 0 Å². The molecule has 19 heavy (non-hydrogen) atoms. The van der Waals surface area contributed by atoms with Crippen LogP contribution in [0.3, 0.4) is 0 Å². The topological polar surface area (TPSA) is 46.6 Å². The van der Waals surface area contributed by atoms with E-state index in [4.69, 9.17) is 27.9 Å². The number of amides is 1. The minimum absolute atomic E-state index is 0.0951. The predicted octanol–water partition coefficient (Wildman–Crippen LogP) is 3.02. The molecule has 0 spiro atoms. The summed E-state index contributed by atoms with van der Waals surface area (Å²) in [7, 11) is 0. The normalized spacial score (nSPS) is 10.1. The van der Waals surface area contributed by atoms with Crippen molar-refractivity contribution >= 4 is 35.1 Å². The van der Waals surface area contributed by atoms with Crippen LogP contribution in [0.5, 0.6) is 0 Å². The van der Waals surface area contributed by atoms with Crippen LogP contribution in [0.15, 0.2) is 18.2 Å². The summed E-state index contributed by atoms with van der Waals surface area (Å²) in [5.74, 6) is -0.764. The molecule has 0 fully saturated rings. The molecule has 0 saturated carbocycles. The van der Waals surface area contributed by atoms with Crippen LogP contribution in [-0.2, 0) is 9.53 Å². The number of carbonyl (C=O) groups is 2. The molecule has 1 aromatic carbocycles. The molecule has 0 saturated heterocycles. The summed E-state index contributed by atoms with van der Waals surface area (Å²) in [6, 6.07) is 4.62. The molecule has 0 N–H and O–H groups in total. The summed E-state index contributed by atoms with van der Waals surface area (Å²) in [5, 5.41) is 0.717. The van der Waals surface area contributed by atoms with E-state index in [1.807, 2.05) is 0 Å². The second-order valence-corrected chi connectivity index (χ2v) is 4.59. The molecule has 0 aliphatic rings. The Hall–Kier alpha value is -1.26. The van der Waals surface area contributed by atoms with Crippen LogP contribution in [0.1, 0.15) is 24.2 Å². The lowest BCUT2D eigenvalue weighted by molar-refractivity contribution is -0.143. The van der Waals surface area contributed by atoms with Crippen molar-refractivity contribution in [2.75, 3.05) is 19.7 Å². The van der Waals surface area contributed by atoms with E-state index in [2.05, 4.69) is 0 Å². The second kappa shape index (κ2) is 7.36. The second-order valence-electron chi connectivity index (χ2n) is 3.75. The smallest absolute Gasteiger partial charge is 0.325 e. The van der Waals surface area contributed by atoms with Gasteiger partial charge in [-0.3, -0.25) is 9.59 Å². The lowest BCUT2D eigenvalue weighted by Gasteiger charge is -2.20. The molecule has 0 aliphatic carbocycles. The molecular weight excluding hydrogens is 289 g/mol. The van der Waals surface area contributed by atoms with Gasteiger partial charge in [0, 0.05) is 11.6 Å². The molecule has 1 aromatic rings. The Balaban J connectivity index is 2.86. The van der Waals surface area contributed by atoms with Gasteiger partial charge in [-0.2, -0.15) is 0 Å². The van der Waals surface area contributed by atoms with E-state index < -0.39 is 5.97 Å². The van der Waals surface area contributed by atoms with Gasteiger partial charge in [0.15, 0.2) is 0 Å². The third-order valence-corrected chi connectivity index (χ3v) is 3.00. The maximum atomic E-state index is 12.2. The maximum absolute atomic E-state index is 12.2. The van der Waals surface area contributed by atoms with E-state index in [0.29, 0.717) is 17.1 Å². The first kappa shape index (κ1) is 15.8. The third kappa shape index (κ3) is 4.40. The van der Waals surface area contributed by atoms with Crippen LogP contribution in [0.2, 0.25) is 10.0 Å². The van der Waals surface area contributed by atoms with Gasteiger partial charge in [-0.1, -0.05) is 23.2 Å². The fourth-order valence-electron chi connectivity index (χ4n) is 1.52. The lowest BCUT2D eigenvalue weighted by Crippen LogP contribution is -2.36. The first-order chi connectivity index (χ1) is 8.99. The zero-order valence-electron chi connectivity index (χ0n) is 10.8. The Labute approximate surface area is 122 Å². The Bertz CT molecular complexity index is 477. The number of esters is 1. The fourth-order valence-corrected chi connectivity index (χ4v) is 2.01. The number of nitrogens with zero attached hydrogens (tertiary/aromatic N) is 1. The molecule has 0 aliphatic heterocycles. The number of ether oxygens (including phenoxy) is 1. The number of rotatable bonds is 5. The lowest BCUT2D eigenvalue weighted by atomic mass is 10.2. The summed E-state index contributed by atoms with van der Waals surface area (Å²) >= 11 is 11.8. The van der Waals surface area contributed by atoms with Crippen molar-refractivity contribution in [3.63, 3.8) is 0 Å². The first-order valence-corrected chi connectivity index (χ1v) is 6.65. The number of likely N-dealkylation sites (N-methyl/N-ethyl adjacent to an activating group) is 1. The van der Waals surface area contributed by atoms with Crippen LogP contribution in [0.25, 0.3) is 0 Å². The fraction of sp³-hybridized carbons (Fsp3) is 0.385. The summed E-state index contributed by atoms with van der Waals surface area (Å²) in [6.07, 6.45) is 0. The third-order valence-electron chi connectivity index (χ3n) is 2.46. The quantitative estimate of drug-likeness (QED) is 0.786. The Morgan fingerprint density at radius 2 is 1.95 bits per heavy atom. The standard InChI is InChI=1S/C13H15Cl2NO3/c1-3-16(8-12(17)19-4-2)13(18)10-6-5-9(14)7-11(10)15/h5-7H,3-4,8H2,1-2H3. The van der Waals surface area contributed by atoms with E-state index in [0.717, 1.165) is 0 Å². The molecular formula is C13H15Cl2NO3. The Morgan fingerprint density at radius 3 is 2.47 bits per heavy atom. The molecule has 0 aromatic heterocycles. The number of carbonyl (C=O) groups excluding carboxylic acids is 2. The molecule has 0 unspecified atom stereocenters. The highest BCUT2D eigenvalue weighted by molar-refractivity contribution is 6.36. The van der Waals surface area contributed by atoms with Crippen LogP contribution in [0, 0.1) is 0 Å². The van der Waals surface area contributed by atoms with Crippen molar-refractivity contribution in [2.45, 2.75) is 13.8 Å². The van der Waals surface area contributed by atoms with E-state index in [1.54, 1.807) is 26.0 Å². The molecule has 0 radical (unpaired) electrons. The summed E-state index contributed by atoms with van der Waals surface area (Å²) in [5.41, 5.74) is 0.317. The average Bonchev–Trinajstić information content (AvgIpc) is 2.35. The van der Waals surface area contributed by atoms with Crippen molar-refractivity contribution in [3.05, 3.63) is 33.8 Å². The minimum atomic E-state index is -0.442. The van der Waals surface area contributed by atoms with Crippen molar-refractivity contribution < 1.29 is 14.3 Å². The number of benzene rings is 1. The highest BCUT2D eigenvalue weighted by atomic mass is 35.5. The van der Waals surface area contributed by atoms with E-state index in [-0.39, 0.29) is 24.1 Å². The van der Waals surface area contributed by atoms with Crippen LogP contribution in [-0.4, -0.2) is 36.5 Å². The van der Waals surface area contributed by atoms with Gasteiger partial charge in [-0.15, -0.1) is 0 Å². The first-order valence-electron chi connectivity index (χ1n) is 5.89. The average molecular weight is 304 g/mol. The van der Waals surface area contributed by atoms with Gasteiger partial charge in [0.05, 0.1) is 17.2 Å². The predicted molar refractivity (Wildman–Crippen MR) is 74.7 cm³/mol. The molecule has 0 heterocycles. The van der Waals surface area contributed by atoms with Crippen LogP contribution in [0.4, 0.5) is 0 Å². The zero-order chi connectivity index (χ0) is 14.4. The van der Waals surface area contributed by atoms with Gasteiger partial charge >= 0.3 is 5.97 Å². The summed E-state index contributed by atoms with van der Waals surface area (Å²) in [4.78, 5) is 25.0. The van der Waals surface area contributed by atoms with Crippen molar-refractivity contribution in [1.29, 1.82) is 0 Å².